The van der Waals surface area contributed by atoms with E-state index in [1.807, 2.05) is 6.07 Å². The van der Waals surface area contributed by atoms with E-state index >= 15 is 0 Å². The lowest BCUT2D eigenvalue weighted by molar-refractivity contribution is 0.206. The van der Waals surface area contributed by atoms with Gasteiger partial charge < -0.3 is 5.73 Å². The van der Waals surface area contributed by atoms with E-state index in [9.17, 15) is 0 Å². The van der Waals surface area contributed by atoms with Gasteiger partial charge in [-0.2, -0.15) is 0 Å². The first kappa shape index (κ1) is 15.8. The molecule has 2 nitrogen and oxygen atoms in total. The normalized spacial score (nSPS) is 21.7. The number of likely N-dealkylation sites (tertiary alicyclic amines) is 1. The number of nitrogen functional groups attached to an aromatic ring is 1. The molecule has 0 aromatic heterocycles. The average Bonchev–Trinajstić information content (AvgIpc) is 2.59. The molecule has 2 rings (SSSR count). The van der Waals surface area contributed by atoms with Crippen molar-refractivity contribution in [2.45, 2.75) is 46.6 Å². The van der Waals surface area contributed by atoms with Gasteiger partial charge in [0.25, 0.3) is 0 Å². The molecule has 1 aromatic carbocycles. The lowest BCUT2D eigenvalue weighted by Crippen LogP contribution is -2.26. The number of benzene rings is 1. The number of halogens is 1. The Balaban J connectivity index is 1.95. The van der Waals surface area contributed by atoms with E-state index in [0.717, 1.165) is 22.6 Å². The summed E-state index contributed by atoms with van der Waals surface area (Å²) < 4.78 is 1.01. The first-order chi connectivity index (χ1) is 9.36. The summed E-state index contributed by atoms with van der Waals surface area (Å²) in [6.07, 6.45) is 4.00. The van der Waals surface area contributed by atoms with Crippen molar-refractivity contribution in [3.05, 3.63) is 28.2 Å². The summed E-state index contributed by atoms with van der Waals surface area (Å²) >= 11 is 3.52. The molecule has 1 fully saturated rings. The minimum Gasteiger partial charge on any atom is -0.398 e. The number of nitrogens with zero attached hydrogens (tertiary/aromatic N) is 1. The molecule has 20 heavy (non-hydrogen) atoms. The zero-order valence-corrected chi connectivity index (χ0v) is 14.5. The average molecular weight is 339 g/mol. The van der Waals surface area contributed by atoms with Gasteiger partial charge >= 0.3 is 0 Å². The molecule has 1 aliphatic heterocycles. The van der Waals surface area contributed by atoms with Crippen LogP contribution in [0.15, 0.2) is 22.7 Å². The molecular formula is C17H27BrN2. The van der Waals surface area contributed by atoms with Gasteiger partial charge in [0.2, 0.25) is 0 Å². The van der Waals surface area contributed by atoms with Gasteiger partial charge in [0.05, 0.1) is 0 Å². The van der Waals surface area contributed by atoms with Gasteiger partial charge in [-0.1, -0.05) is 26.8 Å². The van der Waals surface area contributed by atoms with Crippen molar-refractivity contribution in [3.63, 3.8) is 0 Å². The van der Waals surface area contributed by atoms with Crippen molar-refractivity contribution >= 4 is 21.6 Å². The Kier molecular flexibility index (Phi) is 5.14. The Labute approximate surface area is 131 Å². The number of nitrogens with two attached hydrogens (primary N) is 1. The third-order valence-corrected chi connectivity index (χ3v) is 5.20. The Morgan fingerprint density at radius 1 is 1.25 bits per heavy atom. The molecule has 1 heterocycles. The van der Waals surface area contributed by atoms with Gasteiger partial charge in [-0.15, -0.1) is 0 Å². The predicted octanol–water partition coefficient (Wildman–Crippen LogP) is 4.68. The predicted molar refractivity (Wildman–Crippen MR) is 90.6 cm³/mol. The van der Waals surface area contributed by atoms with E-state index in [-0.39, 0.29) is 0 Å². The molecule has 1 aromatic rings. The molecule has 0 radical (unpaired) electrons. The monoisotopic (exact) mass is 338 g/mol. The van der Waals surface area contributed by atoms with Crippen LogP contribution in [0.5, 0.6) is 0 Å². The summed E-state index contributed by atoms with van der Waals surface area (Å²) in [5, 5.41) is 0. The Morgan fingerprint density at radius 3 is 2.65 bits per heavy atom. The molecular weight excluding hydrogens is 312 g/mol. The second kappa shape index (κ2) is 6.48. The van der Waals surface area contributed by atoms with Crippen molar-refractivity contribution in [1.29, 1.82) is 0 Å². The smallest absolute Gasteiger partial charge is 0.0458 e. The topological polar surface area (TPSA) is 29.3 Å². The zero-order chi connectivity index (χ0) is 14.8. The first-order valence-corrected chi connectivity index (χ1v) is 8.42. The fourth-order valence-electron chi connectivity index (χ4n) is 3.11. The minimum absolute atomic E-state index is 0.445. The molecule has 3 heteroatoms. The first-order valence-electron chi connectivity index (χ1n) is 7.62. The van der Waals surface area contributed by atoms with Crippen LogP contribution in [0.2, 0.25) is 0 Å². The highest BCUT2D eigenvalue weighted by atomic mass is 79.9. The lowest BCUT2D eigenvalue weighted by atomic mass is 9.77. The van der Waals surface area contributed by atoms with E-state index < -0.39 is 0 Å². The largest absolute Gasteiger partial charge is 0.398 e. The molecule has 0 amide bonds. The molecule has 1 saturated heterocycles. The molecule has 1 unspecified atom stereocenters. The summed E-state index contributed by atoms with van der Waals surface area (Å²) in [6, 6.07) is 6.29. The molecule has 2 N–H and O–H groups in total. The van der Waals surface area contributed by atoms with Gasteiger partial charge in [-0.25, -0.2) is 0 Å². The third-order valence-electron chi connectivity index (χ3n) is 4.52. The van der Waals surface area contributed by atoms with E-state index in [1.165, 1.54) is 37.9 Å². The second-order valence-corrected chi connectivity index (χ2v) is 7.98. The number of hydrogen-bond acceptors (Lipinski definition) is 2. The summed E-state index contributed by atoms with van der Waals surface area (Å²) in [6.45, 7) is 10.6. The number of anilines is 1. The molecule has 0 saturated carbocycles. The van der Waals surface area contributed by atoms with Crippen LogP contribution in [0.4, 0.5) is 5.69 Å². The van der Waals surface area contributed by atoms with Crippen LogP contribution in [0.3, 0.4) is 0 Å². The Hall–Kier alpha value is -0.540. The number of hydrogen-bond donors (Lipinski definition) is 1. The summed E-state index contributed by atoms with van der Waals surface area (Å²) in [7, 11) is 0. The van der Waals surface area contributed by atoms with Gasteiger partial charge in [-0.05, 0) is 77.3 Å². The second-order valence-electron chi connectivity index (χ2n) is 7.13. The van der Waals surface area contributed by atoms with Gasteiger partial charge in [0.15, 0.2) is 0 Å². The molecule has 1 atom stereocenters. The van der Waals surface area contributed by atoms with Crippen molar-refractivity contribution in [2.75, 3.05) is 18.8 Å². The van der Waals surface area contributed by atoms with Crippen LogP contribution >= 0.6 is 15.9 Å². The fraction of sp³-hybridized carbons (Fsp3) is 0.647. The maximum atomic E-state index is 5.85. The van der Waals surface area contributed by atoms with Crippen LogP contribution in [0, 0.1) is 11.3 Å². The fourth-order valence-corrected chi connectivity index (χ4v) is 3.53. The highest BCUT2D eigenvalue weighted by Crippen LogP contribution is 2.34. The van der Waals surface area contributed by atoms with Crippen molar-refractivity contribution < 1.29 is 0 Å². The molecule has 0 bridgehead atoms. The highest BCUT2D eigenvalue weighted by Gasteiger charge is 2.26. The van der Waals surface area contributed by atoms with Gasteiger partial charge in [0.1, 0.15) is 0 Å². The minimum atomic E-state index is 0.445. The molecule has 0 aliphatic carbocycles. The van der Waals surface area contributed by atoms with E-state index in [1.54, 1.807) is 0 Å². The summed E-state index contributed by atoms with van der Waals surface area (Å²) in [5.41, 5.74) is 8.46. The van der Waals surface area contributed by atoms with Crippen molar-refractivity contribution in [1.82, 2.24) is 4.90 Å². The van der Waals surface area contributed by atoms with Gasteiger partial charge in [0, 0.05) is 16.7 Å². The van der Waals surface area contributed by atoms with E-state index in [0.29, 0.717) is 5.41 Å². The van der Waals surface area contributed by atoms with Crippen molar-refractivity contribution in [3.8, 4) is 0 Å². The van der Waals surface area contributed by atoms with E-state index in [2.05, 4.69) is 53.7 Å². The Morgan fingerprint density at radius 2 is 2.00 bits per heavy atom. The number of rotatable bonds is 2. The SMILES string of the molecule is CC(C)(C)C1CCCN(Cc2ccc(N)c(Br)c2)CC1. The highest BCUT2D eigenvalue weighted by molar-refractivity contribution is 9.10. The summed E-state index contributed by atoms with van der Waals surface area (Å²) in [5.74, 6) is 0.852. The molecule has 1 aliphatic rings. The summed E-state index contributed by atoms with van der Waals surface area (Å²) in [4.78, 5) is 2.59. The zero-order valence-electron chi connectivity index (χ0n) is 13.0. The standard InChI is InChI=1S/C17H27BrN2/c1-17(2,3)14-5-4-9-20(10-8-14)12-13-6-7-16(19)15(18)11-13/h6-7,11,14H,4-5,8-10,12,19H2,1-3H3. The van der Waals surface area contributed by atoms with Crippen LogP contribution in [0.1, 0.15) is 45.6 Å². The third kappa shape index (κ3) is 4.23. The molecule has 112 valence electrons. The Bertz CT molecular complexity index is 451. The maximum Gasteiger partial charge on any atom is 0.0458 e. The van der Waals surface area contributed by atoms with Crippen LogP contribution in [0.25, 0.3) is 0 Å². The van der Waals surface area contributed by atoms with Gasteiger partial charge in [-0.3, -0.25) is 4.90 Å². The van der Waals surface area contributed by atoms with Crippen LogP contribution < -0.4 is 5.73 Å². The quantitative estimate of drug-likeness (QED) is 0.793. The molecule has 0 spiro atoms. The van der Waals surface area contributed by atoms with E-state index in [4.69, 9.17) is 5.73 Å². The lowest BCUT2D eigenvalue weighted by Gasteiger charge is -2.29. The maximum absolute atomic E-state index is 5.85. The van der Waals surface area contributed by atoms with Crippen LogP contribution in [-0.2, 0) is 6.54 Å². The van der Waals surface area contributed by atoms with Crippen molar-refractivity contribution in [2.24, 2.45) is 11.3 Å². The van der Waals surface area contributed by atoms with Crippen LogP contribution in [-0.4, -0.2) is 18.0 Å².